The van der Waals surface area contributed by atoms with E-state index in [-0.39, 0.29) is 0 Å². The summed E-state index contributed by atoms with van der Waals surface area (Å²) in [4.78, 5) is 14.8. The first-order valence-electron chi connectivity index (χ1n) is 15.6. The van der Waals surface area contributed by atoms with Gasteiger partial charge in [0.2, 0.25) is 0 Å². The minimum absolute atomic E-state index is 0.733. The van der Waals surface area contributed by atoms with Gasteiger partial charge in [0, 0.05) is 45.1 Å². The third kappa shape index (κ3) is 3.95. The summed E-state index contributed by atoms with van der Waals surface area (Å²) in [6.07, 6.45) is 5.89. The molecule has 5 heterocycles. The first kappa shape index (κ1) is 25.8. The lowest BCUT2D eigenvalue weighted by Crippen LogP contribution is -1.96. The van der Waals surface area contributed by atoms with Crippen molar-refractivity contribution in [1.82, 2.24) is 23.8 Å². The molecule has 5 aromatic heterocycles. The summed E-state index contributed by atoms with van der Waals surface area (Å²) in [6.45, 7) is 0. The van der Waals surface area contributed by atoms with Crippen molar-refractivity contribution in [2.24, 2.45) is 0 Å². The summed E-state index contributed by atoms with van der Waals surface area (Å²) in [7, 11) is 0. The van der Waals surface area contributed by atoms with Crippen molar-refractivity contribution in [2.45, 2.75) is 0 Å². The van der Waals surface area contributed by atoms with Crippen molar-refractivity contribution in [2.75, 3.05) is 0 Å². The number of hydrogen-bond acceptors (Lipinski definition) is 4. The zero-order valence-electron chi connectivity index (χ0n) is 25.1. The Labute approximate surface area is 268 Å². The lowest BCUT2D eigenvalue weighted by Gasteiger charge is -2.13. The van der Waals surface area contributed by atoms with E-state index in [0.29, 0.717) is 0 Å². The average molecular weight is 604 g/mol. The number of ether oxygens (including phenoxy) is 1. The summed E-state index contributed by atoms with van der Waals surface area (Å²) < 4.78 is 11.0. The maximum atomic E-state index is 6.61. The number of para-hydroxylation sites is 1. The first-order valence-corrected chi connectivity index (χ1v) is 15.6. The van der Waals surface area contributed by atoms with Crippen molar-refractivity contribution < 1.29 is 4.74 Å². The Hall–Kier alpha value is -6.53. The monoisotopic (exact) mass is 603 g/mol. The minimum atomic E-state index is 0.733. The second kappa shape index (κ2) is 9.99. The molecular weight excluding hydrogens is 578 g/mol. The molecule has 0 spiro atoms. The number of hydrogen-bond donors (Lipinski definition) is 0. The molecule has 10 aromatic rings. The molecule has 0 saturated heterocycles. The third-order valence-corrected chi connectivity index (χ3v) is 9.05. The van der Waals surface area contributed by atoms with Crippen LogP contribution in [0.3, 0.4) is 0 Å². The third-order valence-electron chi connectivity index (χ3n) is 9.05. The first-order chi connectivity index (χ1) is 23.3. The molecule has 5 aromatic carbocycles. The van der Waals surface area contributed by atoms with E-state index in [0.717, 1.165) is 83.4 Å². The Morgan fingerprint density at radius 1 is 0.489 bits per heavy atom. The molecule has 0 saturated carbocycles. The highest BCUT2D eigenvalue weighted by Gasteiger charge is 2.17. The van der Waals surface area contributed by atoms with Crippen LogP contribution in [0.4, 0.5) is 0 Å². The van der Waals surface area contributed by atoms with Gasteiger partial charge in [0.15, 0.2) is 0 Å². The van der Waals surface area contributed by atoms with Crippen molar-refractivity contribution in [3.05, 3.63) is 152 Å². The van der Waals surface area contributed by atoms with E-state index in [1.165, 1.54) is 5.39 Å². The standard InChI is InChI=1S/C41H25N5O/c1-3-10-26(11-4-1)36-25-45-37-16-8-7-14-32(37)30-19-17-29(23-35(30)41(45)44-36)47-28-18-20-31-33-15-9-21-42-39(33)46-38(27-12-5-2-6-13-27)24-43-40(46)34(31)22-28/h1-25H. The van der Waals surface area contributed by atoms with Crippen LogP contribution in [0.5, 0.6) is 11.5 Å². The van der Waals surface area contributed by atoms with E-state index in [9.17, 15) is 0 Å². The predicted molar refractivity (Wildman–Crippen MR) is 189 cm³/mol. The van der Waals surface area contributed by atoms with Crippen LogP contribution in [-0.4, -0.2) is 23.8 Å². The van der Waals surface area contributed by atoms with E-state index >= 15 is 0 Å². The van der Waals surface area contributed by atoms with E-state index in [1.807, 2.05) is 67.0 Å². The molecule has 220 valence electrons. The van der Waals surface area contributed by atoms with E-state index in [4.69, 9.17) is 19.7 Å². The zero-order valence-corrected chi connectivity index (χ0v) is 25.1. The second-order valence-corrected chi connectivity index (χ2v) is 11.8. The minimum Gasteiger partial charge on any atom is -0.457 e. The van der Waals surface area contributed by atoms with Crippen LogP contribution in [0.15, 0.2) is 152 Å². The summed E-state index contributed by atoms with van der Waals surface area (Å²) in [5, 5.41) is 6.47. The molecule has 0 fully saturated rings. The number of imidazole rings is 2. The maximum absolute atomic E-state index is 6.61. The summed E-state index contributed by atoms with van der Waals surface area (Å²) in [5.74, 6) is 1.47. The molecule has 0 bridgehead atoms. The molecule has 0 aliphatic carbocycles. The molecule has 0 amide bonds. The van der Waals surface area contributed by atoms with Crippen LogP contribution in [-0.2, 0) is 0 Å². The molecule has 0 radical (unpaired) electrons. The molecule has 0 unspecified atom stereocenters. The van der Waals surface area contributed by atoms with Gasteiger partial charge in [0.1, 0.15) is 28.4 Å². The highest BCUT2D eigenvalue weighted by atomic mass is 16.5. The fourth-order valence-corrected chi connectivity index (χ4v) is 6.92. The van der Waals surface area contributed by atoms with Gasteiger partial charge in [-0.25, -0.2) is 15.0 Å². The Morgan fingerprint density at radius 2 is 1.13 bits per heavy atom. The SMILES string of the molecule is c1ccc(-c2cn3c4ccccc4c4ccc(Oc5ccc6c7cccnc7n7c(-c8ccccc8)cnc7c6c5)cc4c3n2)cc1. The topological polar surface area (TPSA) is 56.7 Å². The largest absolute Gasteiger partial charge is 0.457 e. The van der Waals surface area contributed by atoms with Crippen molar-refractivity contribution >= 4 is 54.8 Å². The van der Waals surface area contributed by atoms with Crippen LogP contribution in [0, 0.1) is 0 Å². The molecule has 0 atom stereocenters. The van der Waals surface area contributed by atoms with E-state index in [2.05, 4.69) is 93.9 Å². The molecule has 10 rings (SSSR count). The lowest BCUT2D eigenvalue weighted by molar-refractivity contribution is 0.484. The number of rotatable bonds is 4. The summed E-state index contributed by atoms with van der Waals surface area (Å²) >= 11 is 0. The van der Waals surface area contributed by atoms with E-state index < -0.39 is 0 Å². The van der Waals surface area contributed by atoms with Gasteiger partial charge in [-0.15, -0.1) is 0 Å². The average Bonchev–Trinajstić information content (AvgIpc) is 3.79. The van der Waals surface area contributed by atoms with Crippen LogP contribution < -0.4 is 4.74 Å². The number of aromatic nitrogens is 5. The van der Waals surface area contributed by atoms with Gasteiger partial charge < -0.3 is 4.74 Å². The molecular formula is C41H25N5O. The molecule has 0 N–H and O–H groups in total. The van der Waals surface area contributed by atoms with Gasteiger partial charge in [-0.2, -0.15) is 0 Å². The molecule has 0 aliphatic heterocycles. The van der Waals surface area contributed by atoms with Crippen LogP contribution in [0.2, 0.25) is 0 Å². The van der Waals surface area contributed by atoms with E-state index in [1.54, 1.807) is 0 Å². The van der Waals surface area contributed by atoms with Crippen molar-refractivity contribution in [1.29, 1.82) is 0 Å². The highest BCUT2D eigenvalue weighted by molar-refractivity contribution is 6.13. The normalized spacial score (nSPS) is 11.8. The van der Waals surface area contributed by atoms with Gasteiger partial charge in [-0.3, -0.25) is 8.80 Å². The van der Waals surface area contributed by atoms with Gasteiger partial charge >= 0.3 is 0 Å². The summed E-state index contributed by atoms with van der Waals surface area (Å²) in [5.41, 5.74) is 7.83. The summed E-state index contributed by atoms with van der Waals surface area (Å²) in [6, 6.07) is 45.7. The number of nitrogens with zero attached hydrogens (tertiary/aromatic N) is 5. The van der Waals surface area contributed by atoms with Crippen molar-refractivity contribution in [3.63, 3.8) is 0 Å². The molecule has 47 heavy (non-hydrogen) atoms. The van der Waals surface area contributed by atoms with Crippen LogP contribution in [0.25, 0.3) is 77.3 Å². The number of benzene rings is 5. The molecule has 6 heteroatoms. The molecule has 6 nitrogen and oxygen atoms in total. The molecule has 0 aliphatic rings. The van der Waals surface area contributed by atoms with Gasteiger partial charge in [-0.05, 0) is 65.4 Å². The Bertz CT molecular complexity index is 2770. The van der Waals surface area contributed by atoms with Crippen LogP contribution in [0.1, 0.15) is 0 Å². The fourth-order valence-electron chi connectivity index (χ4n) is 6.92. The lowest BCUT2D eigenvalue weighted by atomic mass is 10.1. The Kier molecular flexibility index (Phi) is 5.48. The quantitative estimate of drug-likeness (QED) is 0.188. The highest BCUT2D eigenvalue weighted by Crippen LogP contribution is 2.37. The zero-order chi connectivity index (χ0) is 30.9. The van der Waals surface area contributed by atoms with Gasteiger partial charge in [0.25, 0.3) is 0 Å². The van der Waals surface area contributed by atoms with Crippen molar-refractivity contribution in [3.8, 4) is 34.0 Å². The number of pyridine rings is 3. The predicted octanol–water partition coefficient (Wildman–Crippen LogP) is 10.1. The van der Waals surface area contributed by atoms with Gasteiger partial charge in [0.05, 0.1) is 23.1 Å². The van der Waals surface area contributed by atoms with Crippen LogP contribution >= 0.6 is 0 Å². The Balaban J connectivity index is 1.15. The number of fused-ring (bicyclic) bond motifs is 12. The Morgan fingerprint density at radius 3 is 1.91 bits per heavy atom. The maximum Gasteiger partial charge on any atom is 0.146 e. The second-order valence-electron chi connectivity index (χ2n) is 11.8. The smallest absolute Gasteiger partial charge is 0.146 e. The fraction of sp³-hybridized carbons (Fsp3) is 0. The van der Waals surface area contributed by atoms with Gasteiger partial charge in [-0.1, -0.05) is 78.9 Å².